The highest BCUT2D eigenvalue weighted by atomic mass is 16.3. The lowest BCUT2D eigenvalue weighted by Gasteiger charge is -2.33. The van der Waals surface area contributed by atoms with Crippen LogP contribution in [0.3, 0.4) is 0 Å². The van der Waals surface area contributed by atoms with Gasteiger partial charge in [0.15, 0.2) is 0 Å². The Balaban J connectivity index is 1.70. The summed E-state index contributed by atoms with van der Waals surface area (Å²) in [5.41, 5.74) is -0.651. The van der Waals surface area contributed by atoms with E-state index in [-0.39, 0.29) is 23.4 Å². The molecule has 1 aromatic rings. The number of carbonyl (C=O) groups excluding carboxylic acids is 1. The van der Waals surface area contributed by atoms with Crippen molar-refractivity contribution in [3.63, 3.8) is 0 Å². The van der Waals surface area contributed by atoms with Crippen molar-refractivity contribution in [2.24, 2.45) is 4.99 Å². The second-order valence-electron chi connectivity index (χ2n) is 7.93. The lowest BCUT2D eigenvalue weighted by atomic mass is 9.95. The van der Waals surface area contributed by atoms with Gasteiger partial charge in [0.1, 0.15) is 5.56 Å². The van der Waals surface area contributed by atoms with Crippen LogP contribution < -0.4 is 11.2 Å². The number of aromatic amines is 1. The molecular weight excluding hydrogens is 374 g/mol. The molecule has 2 fully saturated rings. The first kappa shape index (κ1) is 21.3. The predicted molar refractivity (Wildman–Crippen MR) is 111 cm³/mol. The molecule has 1 saturated heterocycles. The van der Waals surface area contributed by atoms with Crippen LogP contribution in [0.5, 0.6) is 5.88 Å². The highest BCUT2D eigenvalue weighted by Gasteiger charge is 2.24. The molecule has 1 aliphatic heterocycles. The van der Waals surface area contributed by atoms with E-state index < -0.39 is 11.2 Å². The van der Waals surface area contributed by atoms with Gasteiger partial charge in [-0.15, -0.1) is 0 Å². The maximum Gasteiger partial charge on any atom is 0.331 e. The number of aromatic hydroxyl groups is 1. The maximum absolute atomic E-state index is 12.3. The molecule has 0 radical (unpaired) electrons. The molecule has 0 spiro atoms. The average Bonchev–Trinajstić information content (AvgIpc) is 2.69. The third-order valence-corrected chi connectivity index (χ3v) is 6.00. The number of hydrogen-bond donors (Lipinski definition) is 2. The molecule has 1 amide bonds. The molecule has 1 aliphatic carbocycles. The first-order valence-corrected chi connectivity index (χ1v) is 10.5. The number of piperazine rings is 1. The predicted octanol–water partition coefficient (Wildman–Crippen LogP) is 0.721. The van der Waals surface area contributed by atoms with Crippen molar-refractivity contribution in [1.82, 2.24) is 19.4 Å². The number of nitrogens with zero attached hydrogens (tertiary/aromatic N) is 4. The van der Waals surface area contributed by atoms with E-state index >= 15 is 0 Å². The third-order valence-electron chi connectivity index (χ3n) is 6.00. The summed E-state index contributed by atoms with van der Waals surface area (Å²) in [5.74, 6) is -0.178. The topological polar surface area (TPSA) is 111 Å². The maximum atomic E-state index is 12.3. The van der Waals surface area contributed by atoms with Crippen molar-refractivity contribution in [3.05, 3.63) is 26.4 Å². The van der Waals surface area contributed by atoms with Crippen LogP contribution in [0.1, 0.15) is 57.6 Å². The van der Waals surface area contributed by atoms with Gasteiger partial charge in [-0.3, -0.25) is 29.0 Å². The van der Waals surface area contributed by atoms with Crippen LogP contribution in [0.2, 0.25) is 0 Å². The molecule has 0 unspecified atom stereocenters. The first-order chi connectivity index (χ1) is 13.9. The van der Waals surface area contributed by atoms with Crippen molar-refractivity contribution in [3.8, 4) is 5.88 Å². The number of aromatic nitrogens is 2. The van der Waals surface area contributed by atoms with Gasteiger partial charge in [0.25, 0.3) is 5.56 Å². The number of hydrogen-bond acceptors (Lipinski definition) is 6. The van der Waals surface area contributed by atoms with Crippen molar-refractivity contribution in [1.29, 1.82) is 0 Å². The van der Waals surface area contributed by atoms with Crippen molar-refractivity contribution in [2.75, 3.05) is 39.3 Å². The molecule has 0 bridgehead atoms. The second kappa shape index (κ2) is 9.39. The van der Waals surface area contributed by atoms with Crippen LogP contribution in [0.4, 0.5) is 0 Å². The van der Waals surface area contributed by atoms with Gasteiger partial charge < -0.3 is 10.0 Å². The van der Waals surface area contributed by atoms with Crippen LogP contribution in [-0.2, 0) is 4.79 Å². The number of amides is 1. The number of carbonyl (C=O) groups is 1. The highest BCUT2D eigenvalue weighted by molar-refractivity contribution is 6.00. The summed E-state index contributed by atoms with van der Waals surface area (Å²) in [6.45, 7) is 7.49. The molecule has 2 N–H and O–H groups in total. The Morgan fingerprint density at radius 2 is 1.76 bits per heavy atom. The Morgan fingerprint density at radius 1 is 1.10 bits per heavy atom. The molecule has 0 aromatic carbocycles. The van der Waals surface area contributed by atoms with Crippen LogP contribution in [0.15, 0.2) is 14.6 Å². The van der Waals surface area contributed by atoms with Gasteiger partial charge in [-0.1, -0.05) is 19.3 Å². The van der Waals surface area contributed by atoms with E-state index in [4.69, 9.17) is 0 Å². The zero-order valence-corrected chi connectivity index (χ0v) is 17.3. The van der Waals surface area contributed by atoms with E-state index in [1.54, 1.807) is 13.8 Å². The highest BCUT2D eigenvalue weighted by Crippen LogP contribution is 2.30. The SMILES string of the molecule is CC(=O)N1CCN(CCN=C(C)c2c(O)n(C3CCCCC3)c(=O)[nH]c2=O)CC1. The van der Waals surface area contributed by atoms with Crippen molar-refractivity contribution >= 4 is 11.6 Å². The Hall–Kier alpha value is -2.42. The van der Waals surface area contributed by atoms with Gasteiger partial charge in [-0.25, -0.2) is 4.79 Å². The van der Waals surface area contributed by atoms with Gasteiger partial charge in [0.2, 0.25) is 11.8 Å². The molecule has 1 saturated carbocycles. The van der Waals surface area contributed by atoms with Gasteiger partial charge in [-0.2, -0.15) is 0 Å². The van der Waals surface area contributed by atoms with E-state index in [1.165, 1.54) is 4.57 Å². The van der Waals surface area contributed by atoms with Crippen LogP contribution in [0, 0.1) is 0 Å². The molecule has 9 heteroatoms. The van der Waals surface area contributed by atoms with Crippen molar-refractivity contribution in [2.45, 2.75) is 52.0 Å². The Kier molecular flexibility index (Phi) is 6.89. The number of nitrogens with one attached hydrogen (secondary N) is 1. The lowest BCUT2D eigenvalue weighted by Crippen LogP contribution is -2.48. The minimum atomic E-state index is -0.601. The van der Waals surface area contributed by atoms with Crippen molar-refractivity contribution < 1.29 is 9.90 Å². The zero-order valence-electron chi connectivity index (χ0n) is 17.3. The van der Waals surface area contributed by atoms with Gasteiger partial charge in [0.05, 0.1) is 6.54 Å². The molecule has 0 atom stereocenters. The summed E-state index contributed by atoms with van der Waals surface area (Å²) in [6.07, 6.45) is 4.79. The Labute approximate surface area is 170 Å². The fourth-order valence-corrected chi connectivity index (χ4v) is 4.27. The fraction of sp³-hybridized carbons (Fsp3) is 0.700. The standard InChI is InChI=1S/C20H31N5O4/c1-14(21-8-9-23-10-12-24(13-11-23)15(2)26)17-18(27)22-20(29)25(19(17)28)16-6-4-3-5-7-16/h16,28H,3-13H2,1-2H3,(H,22,27,29). The van der Waals surface area contributed by atoms with E-state index in [1.807, 2.05) is 4.90 Å². The van der Waals surface area contributed by atoms with Crippen LogP contribution in [-0.4, -0.2) is 75.3 Å². The van der Waals surface area contributed by atoms with Crippen LogP contribution >= 0.6 is 0 Å². The minimum absolute atomic E-state index is 0.0802. The summed E-state index contributed by atoms with van der Waals surface area (Å²) in [5, 5.41) is 10.7. The summed E-state index contributed by atoms with van der Waals surface area (Å²) in [4.78, 5) is 46.9. The molecule has 2 heterocycles. The summed E-state index contributed by atoms with van der Waals surface area (Å²) < 4.78 is 1.33. The normalized spacial score (nSPS) is 19.5. The largest absolute Gasteiger partial charge is 0.494 e. The van der Waals surface area contributed by atoms with Gasteiger partial charge in [0, 0.05) is 51.4 Å². The van der Waals surface area contributed by atoms with E-state index in [9.17, 15) is 19.5 Å². The molecule has 9 nitrogen and oxygen atoms in total. The summed E-state index contributed by atoms with van der Waals surface area (Å²) in [7, 11) is 0. The van der Waals surface area contributed by atoms with E-state index in [2.05, 4.69) is 14.9 Å². The van der Waals surface area contributed by atoms with Gasteiger partial charge in [-0.05, 0) is 19.8 Å². The summed E-state index contributed by atoms with van der Waals surface area (Å²) in [6, 6.07) is -0.0859. The lowest BCUT2D eigenvalue weighted by molar-refractivity contribution is -0.130. The summed E-state index contributed by atoms with van der Waals surface area (Å²) >= 11 is 0. The number of rotatable bonds is 5. The number of H-pyrrole nitrogens is 1. The monoisotopic (exact) mass is 405 g/mol. The van der Waals surface area contributed by atoms with E-state index in [0.717, 1.165) is 45.2 Å². The Bertz CT molecular complexity index is 874. The molecule has 160 valence electrons. The molecule has 3 rings (SSSR count). The first-order valence-electron chi connectivity index (χ1n) is 10.5. The smallest absolute Gasteiger partial charge is 0.331 e. The minimum Gasteiger partial charge on any atom is -0.494 e. The van der Waals surface area contributed by atoms with Gasteiger partial charge >= 0.3 is 5.69 Å². The number of aliphatic imine (C=N–C) groups is 1. The van der Waals surface area contributed by atoms with E-state index in [0.29, 0.717) is 31.9 Å². The molecule has 2 aliphatic rings. The average molecular weight is 405 g/mol. The second-order valence-corrected chi connectivity index (χ2v) is 7.93. The molecule has 1 aromatic heterocycles. The zero-order chi connectivity index (χ0) is 21.0. The fourth-order valence-electron chi connectivity index (χ4n) is 4.27. The molecular formula is C20H31N5O4. The van der Waals surface area contributed by atoms with Crippen LogP contribution in [0.25, 0.3) is 0 Å². The Morgan fingerprint density at radius 3 is 2.38 bits per heavy atom. The molecule has 29 heavy (non-hydrogen) atoms. The quantitative estimate of drug-likeness (QED) is 0.702. The third kappa shape index (κ3) is 4.95.